The Balaban J connectivity index is 2.97. The molecule has 0 radical (unpaired) electrons. The van der Waals surface area contributed by atoms with Crippen molar-refractivity contribution < 1.29 is 5.21 Å². The smallest absolute Gasteiger partial charge is 0.257 e. The molecule has 6 heteroatoms. The van der Waals surface area contributed by atoms with Gasteiger partial charge in [-0.25, -0.2) is 4.98 Å². The normalized spacial score (nSPS) is 10.5. The second-order valence-corrected chi connectivity index (χ2v) is 2.05. The maximum absolute atomic E-state index is 8.95. The van der Waals surface area contributed by atoms with E-state index < -0.39 is 0 Å². The van der Waals surface area contributed by atoms with Crippen molar-refractivity contribution in [2.75, 3.05) is 0 Å². The van der Waals surface area contributed by atoms with E-state index in [4.69, 9.17) is 10.6 Å². The molecule has 0 aliphatic carbocycles. The maximum Gasteiger partial charge on any atom is 0.257 e. The van der Waals surface area contributed by atoms with Crippen LogP contribution in [0.2, 0.25) is 0 Å². The van der Waals surface area contributed by atoms with Crippen molar-refractivity contribution in [3.63, 3.8) is 0 Å². The molecule has 0 bridgehead atoms. The van der Waals surface area contributed by atoms with E-state index in [1.165, 1.54) is 12.5 Å². The fourth-order valence-electron chi connectivity index (χ4n) is 0.816. The summed E-state index contributed by atoms with van der Waals surface area (Å²) >= 11 is 0. The van der Waals surface area contributed by atoms with E-state index in [-0.39, 0.29) is 5.62 Å². The summed E-state index contributed by atoms with van der Waals surface area (Å²) in [6, 6.07) is 0. The Morgan fingerprint density at radius 2 is 2.45 bits per heavy atom. The minimum absolute atomic E-state index is 0.232. The highest BCUT2D eigenvalue weighted by atomic mass is 16.5. The maximum atomic E-state index is 8.95. The largest absolute Gasteiger partial charge is 0.425 e. The van der Waals surface area contributed by atoms with Crippen LogP contribution in [0.3, 0.4) is 0 Å². The van der Waals surface area contributed by atoms with Crippen LogP contribution in [0.1, 0.15) is 0 Å². The summed E-state index contributed by atoms with van der Waals surface area (Å²) < 4.78 is 0.626. The van der Waals surface area contributed by atoms with Crippen molar-refractivity contribution >= 4 is 11.2 Å². The Morgan fingerprint density at radius 1 is 1.64 bits per heavy atom. The number of H-pyrrole nitrogens is 1. The summed E-state index contributed by atoms with van der Waals surface area (Å²) in [6.45, 7) is 0. The number of hydrogen-bond donors (Lipinski definition) is 3. The van der Waals surface area contributed by atoms with Gasteiger partial charge in [0, 0.05) is 0 Å². The minimum atomic E-state index is -0.232. The molecule has 0 aliphatic rings. The molecule has 2 aromatic rings. The van der Waals surface area contributed by atoms with Crippen LogP contribution < -0.4 is 5.62 Å². The molecule has 0 aliphatic heterocycles. The van der Waals surface area contributed by atoms with Crippen molar-refractivity contribution in [1.82, 2.24) is 19.7 Å². The molecule has 2 aromatic heterocycles. The zero-order chi connectivity index (χ0) is 7.84. The van der Waals surface area contributed by atoms with Gasteiger partial charge in [-0.15, -0.1) is 0 Å². The first-order valence-corrected chi connectivity index (χ1v) is 2.94. The molecule has 2 heterocycles. The number of nitrogens with one attached hydrogen (secondary N) is 2. The molecule has 11 heavy (non-hydrogen) atoms. The number of nitrogens with zero attached hydrogens (tertiary/aromatic N) is 3. The van der Waals surface area contributed by atoms with Crippen LogP contribution in [0.15, 0.2) is 12.5 Å². The Morgan fingerprint density at radius 3 is 3.27 bits per heavy atom. The molecule has 0 fully saturated rings. The summed E-state index contributed by atoms with van der Waals surface area (Å²) in [7, 11) is 0. The number of aromatic nitrogens is 4. The molecule has 2 rings (SSSR count). The monoisotopic (exact) mass is 151 g/mol. The Kier molecular flexibility index (Phi) is 0.974. The molecule has 6 nitrogen and oxygen atoms in total. The minimum Gasteiger partial charge on any atom is -0.425 e. The topological polar surface area (TPSA) is 90.6 Å². The number of hydrogen-bond acceptors (Lipinski definition) is 4. The van der Waals surface area contributed by atoms with Crippen LogP contribution in [-0.4, -0.2) is 24.9 Å². The van der Waals surface area contributed by atoms with Gasteiger partial charge in [-0.2, -0.15) is 9.71 Å². The van der Waals surface area contributed by atoms with Gasteiger partial charge in [0.2, 0.25) is 0 Å². The first-order valence-electron chi connectivity index (χ1n) is 2.94. The average Bonchev–Trinajstić information content (AvgIpc) is 2.36. The summed E-state index contributed by atoms with van der Waals surface area (Å²) in [6.07, 6.45) is 2.80. The van der Waals surface area contributed by atoms with E-state index in [9.17, 15) is 0 Å². The van der Waals surface area contributed by atoms with Crippen molar-refractivity contribution in [1.29, 1.82) is 5.41 Å². The highest BCUT2D eigenvalue weighted by Gasteiger charge is 1.98. The zero-order valence-electron chi connectivity index (χ0n) is 5.44. The number of fused-ring (bicyclic) bond motifs is 1. The van der Waals surface area contributed by atoms with Crippen LogP contribution in [0.4, 0.5) is 0 Å². The molecule has 3 N–H and O–H groups in total. The number of imidazole rings is 1. The fraction of sp³-hybridized carbons (Fsp3) is 0. The van der Waals surface area contributed by atoms with E-state index in [0.717, 1.165) is 0 Å². The highest BCUT2D eigenvalue weighted by Crippen LogP contribution is 1.98. The summed E-state index contributed by atoms with van der Waals surface area (Å²) in [5.74, 6) is 0. The molecule has 0 unspecified atom stereocenters. The van der Waals surface area contributed by atoms with E-state index in [1.807, 2.05) is 0 Å². The molecular formula is C5H5N5O. The molecule has 0 spiro atoms. The molecule has 56 valence electrons. The Hall–Kier alpha value is -1.85. The summed E-state index contributed by atoms with van der Waals surface area (Å²) in [4.78, 5) is 10.2. The molecular weight excluding hydrogens is 146 g/mol. The SMILES string of the molecule is N=c1nc2nc[nH]c2cn1O. The average molecular weight is 151 g/mol. The molecule has 0 saturated heterocycles. The lowest BCUT2D eigenvalue weighted by Crippen LogP contribution is -2.19. The number of rotatable bonds is 0. The van der Waals surface area contributed by atoms with Gasteiger partial charge in [-0.3, -0.25) is 5.41 Å². The van der Waals surface area contributed by atoms with Crippen LogP contribution >= 0.6 is 0 Å². The van der Waals surface area contributed by atoms with Crippen LogP contribution in [0.25, 0.3) is 11.2 Å². The second kappa shape index (κ2) is 1.82. The lowest BCUT2D eigenvalue weighted by atomic mass is 10.6. The third-order valence-electron chi connectivity index (χ3n) is 1.33. The van der Waals surface area contributed by atoms with Crippen molar-refractivity contribution in [2.24, 2.45) is 0 Å². The van der Waals surface area contributed by atoms with E-state index in [1.54, 1.807) is 0 Å². The van der Waals surface area contributed by atoms with Crippen LogP contribution in [0.5, 0.6) is 0 Å². The van der Waals surface area contributed by atoms with Gasteiger partial charge in [0.1, 0.15) is 5.52 Å². The molecule has 0 aromatic carbocycles. The first kappa shape index (κ1) is 5.90. The molecule has 0 amide bonds. The van der Waals surface area contributed by atoms with E-state index in [0.29, 0.717) is 15.9 Å². The van der Waals surface area contributed by atoms with Gasteiger partial charge in [0.15, 0.2) is 5.65 Å². The van der Waals surface area contributed by atoms with E-state index >= 15 is 0 Å². The van der Waals surface area contributed by atoms with Crippen LogP contribution in [0, 0.1) is 5.41 Å². The predicted octanol–water partition coefficient (Wildman–Crippen LogP) is -0.524. The summed E-state index contributed by atoms with van der Waals surface area (Å²) in [5.41, 5.74) is 0.799. The zero-order valence-corrected chi connectivity index (χ0v) is 5.44. The predicted molar refractivity (Wildman–Crippen MR) is 34.9 cm³/mol. The summed E-state index contributed by atoms with van der Waals surface area (Å²) in [5, 5.41) is 16.0. The number of aromatic amines is 1. The van der Waals surface area contributed by atoms with Crippen molar-refractivity contribution in [3.8, 4) is 0 Å². The Bertz CT molecular complexity index is 441. The van der Waals surface area contributed by atoms with Crippen LogP contribution in [-0.2, 0) is 0 Å². The molecule has 0 atom stereocenters. The van der Waals surface area contributed by atoms with E-state index in [2.05, 4.69) is 15.0 Å². The lowest BCUT2D eigenvalue weighted by Gasteiger charge is -1.93. The Labute approximate surface area is 60.6 Å². The lowest BCUT2D eigenvalue weighted by molar-refractivity contribution is 0.166. The first-order chi connectivity index (χ1) is 5.27. The standard InChI is InChI=1S/C5H5N5O/c6-5-9-4-3(1-10(5)11)7-2-8-4/h1-2,11H,(H2,6,7,8,9). The van der Waals surface area contributed by atoms with Crippen molar-refractivity contribution in [3.05, 3.63) is 18.1 Å². The van der Waals surface area contributed by atoms with Gasteiger partial charge < -0.3 is 10.2 Å². The van der Waals surface area contributed by atoms with Gasteiger partial charge in [0.25, 0.3) is 5.62 Å². The van der Waals surface area contributed by atoms with Gasteiger partial charge in [-0.05, 0) is 0 Å². The third-order valence-corrected chi connectivity index (χ3v) is 1.33. The quantitative estimate of drug-likeness (QED) is 0.442. The van der Waals surface area contributed by atoms with Gasteiger partial charge >= 0.3 is 0 Å². The fourth-order valence-corrected chi connectivity index (χ4v) is 0.816. The van der Waals surface area contributed by atoms with Gasteiger partial charge in [0.05, 0.1) is 12.5 Å². The van der Waals surface area contributed by atoms with Crippen molar-refractivity contribution in [2.45, 2.75) is 0 Å². The molecule has 0 saturated carbocycles. The van der Waals surface area contributed by atoms with Gasteiger partial charge in [-0.1, -0.05) is 0 Å². The second-order valence-electron chi connectivity index (χ2n) is 2.05. The third kappa shape index (κ3) is 0.759. The highest BCUT2D eigenvalue weighted by molar-refractivity contribution is 5.67.